The molecule has 4 nitrogen and oxygen atoms in total. The van der Waals surface area contributed by atoms with E-state index in [9.17, 15) is 4.79 Å². The first-order valence-electron chi connectivity index (χ1n) is 5.02. The average Bonchev–Trinajstić information content (AvgIpc) is 2.38. The van der Waals surface area contributed by atoms with Crippen LogP contribution >= 0.6 is 23.4 Å². The third-order valence-electron chi connectivity index (χ3n) is 2.29. The lowest BCUT2D eigenvalue weighted by molar-refractivity contribution is 0.0683. The summed E-state index contributed by atoms with van der Waals surface area (Å²) in [6.45, 7) is 0. The highest BCUT2D eigenvalue weighted by atomic mass is 35.5. The van der Waals surface area contributed by atoms with Crippen LogP contribution in [0.2, 0.25) is 5.02 Å². The maximum atomic E-state index is 10.8. The summed E-state index contributed by atoms with van der Waals surface area (Å²) in [5, 5.41) is 9.50. The lowest BCUT2D eigenvalue weighted by Crippen LogP contribution is -2.04. The van der Waals surface area contributed by atoms with E-state index in [1.807, 2.05) is 12.3 Å². The van der Waals surface area contributed by atoms with Gasteiger partial charge in [-0.2, -0.15) is 0 Å². The molecule has 0 aliphatic carbocycles. The minimum atomic E-state index is -1.15. The van der Waals surface area contributed by atoms with Gasteiger partial charge in [-0.05, 0) is 18.4 Å². The standard InChI is InChI=1S/C12H9ClN2O2S/c1-18-10-7(3-2-4-8(10)13)9-5-6-14-11(15-9)12(16)17/h2-6H,1H3,(H,16,17). The number of rotatable bonds is 3. The van der Waals surface area contributed by atoms with Crippen molar-refractivity contribution in [1.29, 1.82) is 0 Å². The summed E-state index contributed by atoms with van der Waals surface area (Å²) in [7, 11) is 0. The highest BCUT2D eigenvalue weighted by Crippen LogP contribution is 2.34. The molecule has 6 heteroatoms. The predicted molar refractivity (Wildman–Crippen MR) is 71.2 cm³/mol. The fourth-order valence-electron chi connectivity index (χ4n) is 1.53. The molecule has 2 rings (SSSR count). The largest absolute Gasteiger partial charge is 0.475 e. The van der Waals surface area contributed by atoms with Crippen molar-refractivity contribution in [3.8, 4) is 11.3 Å². The molecular weight excluding hydrogens is 272 g/mol. The molecule has 0 unspecified atom stereocenters. The van der Waals surface area contributed by atoms with E-state index >= 15 is 0 Å². The zero-order valence-electron chi connectivity index (χ0n) is 9.42. The van der Waals surface area contributed by atoms with Gasteiger partial charge in [0.2, 0.25) is 5.82 Å². The first kappa shape index (κ1) is 12.9. The second kappa shape index (κ2) is 5.37. The van der Waals surface area contributed by atoms with Crippen LogP contribution in [-0.4, -0.2) is 27.3 Å². The highest BCUT2D eigenvalue weighted by Gasteiger charge is 2.12. The molecular formula is C12H9ClN2O2S. The summed E-state index contributed by atoms with van der Waals surface area (Å²) in [6.07, 6.45) is 3.33. The fraction of sp³-hybridized carbons (Fsp3) is 0.0833. The molecule has 0 saturated carbocycles. The quantitative estimate of drug-likeness (QED) is 0.875. The van der Waals surface area contributed by atoms with Gasteiger partial charge in [-0.25, -0.2) is 14.8 Å². The van der Waals surface area contributed by atoms with E-state index < -0.39 is 5.97 Å². The molecule has 0 aliphatic heterocycles. The van der Waals surface area contributed by atoms with Crippen molar-refractivity contribution >= 4 is 29.3 Å². The van der Waals surface area contributed by atoms with E-state index in [1.54, 1.807) is 18.2 Å². The SMILES string of the molecule is CSc1c(Cl)cccc1-c1ccnc(C(=O)O)n1. The zero-order chi connectivity index (χ0) is 13.1. The monoisotopic (exact) mass is 280 g/mol. The minimum Gasteiger partial charge on any atom is -0.475 e. The molecule has 0 aliphatic rings. The summed E-state index contributed by atoms with van der Waals surface area (Å²) >= 11 is 7.59. The van der Waals surface area contributed by atoms with Crippen molar-refractivity contribution < 1.29 is 9.90 Å². The van der Waals surface area contributed by atoms with Crippen molar-refractivity contribution in [3.63, 3.8) is 0 Å². The molecule has 0 atom stereocenters. The number of nitrogens with zero attached hydrogens (tertiary/aromatic N) is 2. The van der Waals surface area contributed by atoms with Crippen LogP contribution in [-0.2, 0) is 0 Å². The molecule has 1 N–H and O–H groups in total. The Bertz CT molecular complexity index is 604. The predicted octanol–water partition coefficient (Wildman–Crippen LogP) is 3.22. The van der Waals surface area contributed by atoms with E-state index in [2.05, 4.69) is 9.97 Å². The summed E-state index contributed by atoms with van der Waals surface area (Å²) in [5.41, 5.74) is 1.36. The Kier molecular flexibility index (Phi) is 3.84. The molecule has 0 radical (unpaired) electrons. The first-order chi connectivity index (χ1) is 8.63. The van der Waals surface area contributed by atoms with Crippen LogP contribution in [0.15, 0.2) is 35.4 Å². The normalized spacial score (nSPS) is 10.3. The molecule has 0 saturated heterocycles. The zero-order valence-corrected chi connectivity index (χ0v) is 11.0. The number of aromatic nitrogens is 2. The number of carbonyl (C=O) groups is 1. The van der Waals surface area contributed by atoms with Crippen LogP contribution in [0.1, 0.15) is 10.6 Å². The van der Waals surface area contributed by atoms with Gasteiger partial charge in [0.1, 0.15) is 0 Å². The Hall–Kier alpha value is -1.59. The van der Waals surface area contributed by atoms with Crippen molar-refractivity contribution in [2.75, 3.05) is 6.26 Å². The van der Waals surface area contributed by atoms with Gasteiger partial charge in [0.15, 0.2) is 0 Å². The van der Waals surface area contributed by atoms with Gasteiger partial charge in [-0.1, -0.05) is 23.7 Å². The van der Waals surface area contributed by atoms with Crippen LogP contribution < -0.4 is 0 Å². The number of hydrogen-bond acceptors (Lipinski definition) is 4. The Balaban J connectivity index is 2.58. The summed E-state index contributed by atoms with van der Waals surface area (Å²) in [4.78, 5) is 19.4. The van der Waals surface area contributed by atoms with Crippen LogP contribution in [0.5, 0.6) is 0 Å². The van der Waals surface area contributed by atoms with Crippen LogP contribution in [0, 0.1) is 0 Å². The van der Waals surface area contributed by atoms with Crippen molar-refractivity contribution in [3.05, 3.63) is 41.3 Å². The van der Waals surface area contributed by atoms with Gasteiger partial charge in [-0.3, -0.25) is 0 Å². The van der Waals surface area contributed by atoms with E-state index in [0.29, 0.717) is 10.7 Å². The molecule has 2 aromatic rings. The van der Waals surface area contributed by atoms with Gasteiger partial charge in [0.05, 0.1) is 10.7 Å². The molecule has 0 fully saturated rings. The molecule has 0 spiro atoms. The van der Waals surface area contributed by atoms with E-state index in [1.165, 1.54) is 18.0 Å². The van der Waals surface area contributed by atoms with Crippen molar-refractivity contribution in [2.24, 2.45) is 0 Å². The number of thioether (sulfide) groups is 1. The highest BCUT2D eigenvalue weighted by molar-refractivity contribution is 7.98. The second-order valence-electron chi connectivity index (χ2n) is 3.39. The van der Waals surface area contributed by atoms with Crippen LogP contribution in [0.4, 0.5) is 0 Å². The summed E-state index contributed by atoms with van der Waals surface area (Å²) in [5.74, 6) is -1.37. The van der Waals surface area contributed by atoms with E-state index in [0.717, 1.165) is 10.5 Å². The maximum absolute atomic E-state index is 10.8. The first-order valence-corrected chi connectivity index (χ1v) is 6.63. The molecule has 18 heavy (non-hydrogen) atoms. The molecule has 0 bridgehead atoms. The third kappa shape index (κ3) is 2.47. The Morgan fingerprint density at radius 1 is 1.39 bits per heavy atom. The number of benzene rings is 1. The molecule has 0 amide bonds. The number of carboxylic acids is 1. The second-order valence-corrected chi connectivity index (χ2v) is 4.61. The minimum absolute atomic E-state index is 0.223. The number of hydrogen-bond donors (Lipinski definition) is 1. The third-order valence-corrected chi connectivity index (χ3v) is 3.57. The molecule has 1 heterocycles. The van der Waals surface area contributed by atoms with Gasteiger partial charge < -0.3 is 5.11 Å². The van der Waals surface area contributed by atoms with Crippen LogP contribution in [0.25, 0.3) is 11.3 Å². The number of halogens is 1. The molecule has 1 aromatic heterocycles. The topological polar surface area (TPSA) is 63.1 Å². The van der Waals surface area contributed by atoms with E-state index in [-0.39, 0.29) is 5.82 Å². The number of carboxylic acid groups (broad SMARTS) is 1. The molecule has 1 aromatic carbocycles. The Morgan fingerprint density at radius 2 is 2.17 bits per heavy atom. The Labute approximate surface area is 113 Å². The van der Waals surface area contributed by atoms with Gasteiger partial charge in [0.25, 0.3) is 0 Å². The van der Waals surface area contributed by atoms with Gasteiger partial charge in [0, 0.05) is 16.7 Å². The van der Waals surface area contributed by atoms with Crippen LogP contribution in [0.3, 0.4) is 0 Å². The lowest BCUT2D eigenvalue weighted by Gasteiger charge is -2.08. The maximum Gasteiger partial charge on any atom is 0.373 e. The Morgan fingerprint density at radius 3 is 2.83 bits per heavy atom. The average molecular weight is 281 g/mol. The number of aromatic carboxylic acids is 1. The lowest BCUT2D eigenvalue weighted by atomic mass is 10.1. The fourth-order valence-corrected chi connectivity index (χ4v) is 2.59. The van der Waals surface area contributed by atoms with Crippen molar-refractivity contribution in [1.82, 2.24) is 9.97 Å². The van der Waals surface area contributed by atoms with E-state index in [4.69, 9.17) is 16.7 Å². The van der Waals surface area contributed by atoms with Crippen molar-refractivity contribution in [2.45, 2.75) is 4.90 Å². The smallest absolute Gasteiger partial charge is 0.373 e. The van der Waals surface area contributed by atoms with Gasteiger partial charge >= 0.3 is 5.97 Å². The molecule has 92 valence electrons. The van der Waals surface area contributed by atoms with Gasteiger partial charge in [-0.15, -0.1) is 11.8 Å². The summed E-state index contributed by atoms with van der Waals surface area (Å²) < 4.78 is 0. The summed E-state index contributed by atoms with van der Waals surface area (Å²) in [6, 6.07) is 7.11.